The van der Waals surface area contributed by atoms with Crippen LogP contribution in [-0.2, 0) is 15.3 Å². The van der Waals surface area contributed by atoms with Crippen LogP contribution in [0.25, 0.3) is 11.1 Å². The zero-order valence-corrected chi connectivity index (χ0v) is 16.6. The van der Waals surface area contributed by atoms with Crippen molar-refractivity contribution in [1.82, 2.24) is 10.3 Å². The van der Waals surface area contributed by atoms with Crippen molar-refractivity contribution < 1.29 is 18.7 Å². The average Bonchev–Trinajstić information content (AvgIpc) is 3.13. The van der Waals surface area contributed by atoms with E-state index in [0.29, 0.717) is 16.5 Å². The van der Waals surface area contributed by atoms with Gasteiger partial charge < -0.3 is 14.5 Å². The van der Waals surface area contributed by atoms with Gasteiger partial charge >= 0.3 is 5.97 Å². The molecule has 0 aliphatic carbocycles. The third kappa shape index (κ3) is 5.13. The zero-order valence-electron chi connectivity index (χ0n) is 15.8. The predicted octanol–water partition coefficient (Wildman–Crippen LogP) is 4.19. The number of benzene rings is 2. The van der Waals surface area contributed by atoms with Gasteiger partial charge in [0.15, 0.2) is 12.2 Å². The highest BCUT2D eigenvalue weighted by atomic mass is 32.2. The van der Waals surface area contributed by atoms with E-state index in [-0.39, 0.29) is 18.6 Å². The highest BCUT2D eigenvalue weighted by Gasteiger charge is 2.16. The molecule has 146 valence electrons. The standard InChI is InChI=1S/C21H22N2O4S/c1-3-14(2)22-19(24)12-26-20(25)16-9-5-4-8-15(16)13-28-21-23-17-10-6-7-11-18(17)27-21/h4-11,14H,3,12-13H2,1-2H3,(H,22,24). The lowest BCUT2D eigenvalue weighted by Gasteiger charge is -2.12. The molecule has 0 fully saturated rings. The molecular weight excluding hydrogens is 376 g/mol. The van der Waals surface area contributed by atoms with Crippen molar-refractivity contribution in [2.75, 3.05) is 6.61 Å². The summed E-state index contributed by atoms with van der Waals surface area (Å²) >= 11 is 1.40. The third-order valence-corrected chi connectivity index (χ3v) is 5.09. The van der Waals surface area contributed by atoms with E-state index in [1.54, 1.807) is 12.1 Å². The number of hydrogen-bond donors (Lipinski definition) is 1. The largest absolute Gasteiger partial charge is 0.452 e. The van der Waals surface area contributed by atoms with Gasteiger partial charge in [0.2, 0.25) is 0 Å². The second-order valence-corrected chi connectivity index (χ2v) is 7.27. The molecule has 3 aromatic rings. The number of nitrogens with one attached hydrogen (secondary N) is 1. The van der Waals surface area contributed by atoms with E-state index in [1.165, 1.54) is 11.8 Å². The summed E-state index contributed by atoms with van der Waals surface area (Å²) in [6.07, 6.45) is 0.815. The molecule has 1 N–H and O–H groups in total. The average molecular weight is 398 g/mol. The Kier molecular flexibility index (Phi) is 6.71. The summed E-state index contributed by atoms with van der Waals surface area (Å²) < 4.78 is 10.9. The van der Waals surface area contributed by atoms with Crippen LogP contribution in [0.2, 0.25) is 0 Å². The lowest BCUT2D eigenvalue weighted by molar-refractivity contribution is -0.124. The van der Waals surface area contributed by atoms with Crippen LogP contribution in [0.4, 0.5) is 0 Å². The second kappa shape index (κ2) is 9.41. The summed E-state index contributed by atoms with van der Waals surface area (Å²) in [6.45, 7) is 3.58. The molecule has 1 atom stereocenters. The highest BCUT2D eigenvalue weighted by molar-refractivity contribution is 7.98. The van der Waals surface area contributed by atoms with Gasteiger partial charge in [-0.2, -0.15) is 0 Å². The monoisotopic (exact) mass is 398 g/mol. The van der Waals surface area contributed by atoms with Gasteiger partial charge in [-0.3, -0.25) is 4.79 Å². The van der Waals surface area contributed by atoms with E-state index in [2.05, 4.69) is 10.3 Å². The van der Waals surface area contributed by atoms with Crippen molar-refractivity contribution >= 4 is 34.7 Å². The normalized spacial score (nSPS) is 11.9. The Bertz CT molecular complexity index is 937. The number of thioether (sulfide) groups is 1. The summed E-state index contributed by atoms with van der Waals surface area (Å²) in [5, 5.41) is 3.31. The van der Waals surface area contributed by atoms with Gasteiger partial charge in [-0.1, -0.05) is 49.0 Å². The minimum absolute atomic E-state index is 0.0474. The Balaban J connectivity index is 1.62. The molecule has 0 saturated heterocycles. The van der Waals surface area contributed by atoms with Crippen molar-refractivity contribution in [3.63, 3.8) is 0 Å². The number of aromatic nitrogens is 1. The van der Waals surface area contributed by atoms with E-state index in [9.17, 15) is 9.59 Å². The second-order valence-electron chi connectivity index (χ2n) is 6.35. The quantitative estimate of drug-likeness (QED) is 0.453. The Hall–Kier alpha value is -2.80. The first-order valence-electron chi connectivity index (χ1n) is 9.09. The number of oxazole rings is 1. The van der Waals surface area contributed by atoms with Crippen molar-refractivity contribution in [2.45, 2.75) is 37.3 Å². The summed E-state index contributed by atoms with van der Waals surface area (Å²) in [7, 11) is 0. The lowest BCUT2D eigenvalue weighted by Crippen LogP contribution is -2.35. The minimum atomic E-state index is -0.520. The maximum absolute atomic E-state index is 12.4. The lowest BCUT2D eigenvalue weighted by atomic mass is 10.1. The molecule has 2 aromatic carbocycles. The number of amides is 1. The molecule has 0 bridgehead atoms. The van der Waals surface area contributed by atoms with Crippen molar-refractivity contribution in [2.24, 2.45) is 0 Å². The molecule has 1 unspecified atom stereocenters. The predicted molar refractivity (Wildman–Crippen MR) is 108 cm³/mol. The minimum Gasteiger partial charge on any atom is -0.452 e. The van der Waals surface area contributed by atoms with Crippen LogP contribution >= 0.6 is 11.8 Å². The van der Waals surface area contributed by atoms with Gasteiger partial charge in [0, 0.05) is 11.8 Å². The van der Waals surface area contributed by atoms with E-state index in [4.69, 9.17) is 9.15 Å². The van der Waals surface area contributed by atoms with E-state index < -0.39 is 5.97 Å². The smallest absolute Gasteiger partial charge is 0.338 e. The Morgan fingerprint density at radius 2 is 1.93 bits per heavy atom. The molecule has 1 amide bonds. The van der Waals surface area contributed by atoms with Gasteiger partial charge in [0.1, 0.15) is 5.52 Å². The summed E-state index contributed by atoms with van der Waals surface area (Å²) in [5.41, 5.74) is 2.75. The molecule has 1 heterocycles. The van der Waals surface area contributed by atoms with Gasteiger partial charge in [-0.25, -0.2) is 9.78 Å². The molecule has 0 spiro atoms. The molecule has 0 aliphatic heterocycles. The van der Waals surface area contributed by atoms with Gasteiger partial charge in [0.25, 0.3) is 11.1 Å². The Morgan fingerprint density at radius 3 is 2.71 bits per heavy atom. The molecule has 3 rings (SSSR count). The number of fused-ring (bicyclic) bond motifs is 1. The first kappa shape index (κ1) is 19.9. The van der Waals surface area contributed by atoms with Gasteiger partial charge in [0.05, 0.1) is 5.56 Å². The Labute approximate surface area is 167 Å². The van der Waals surface area contributed by atoms with Crippen LogP contribution in [-0.4, -0.2) is 29.5 Å². The molecular formula is C21H22N2O4S. The number of rotatable bonds is 8. The van der Waals surface area contributed by atoms with Gasteiger partial charge in [-0.15, -0.1) is 0 Å². The van der Waals surface area contributed by atoms with E-state index in [1.807, 2.05) is 50.2 Å². The summed E-state index contributed by atoms with van der Waals surface area (Å²) in [4.78, 5) is 28.7. The maximum Gasteiger partial charge on any atom is 0.338 e. The summed E-state index contributed by atoms with van der Waals surface area (Å²) in [5.74, 6) is -0.328. The third-order valence-electron chi connectivity index (χ3n) is 4.22. The number of esters is 1. The first-order valence-corrected chi connectivity index (χ1v) is 10.1. The van der Waals surface area contributed by atoms with Crippen molar-refractivity contribution in [3.8, 4) is 0 Å². The van der Waals surface area contributed by atoms with Crippen LogP contribution in [0.3, 0.4) is 0 Å². The molecule has 0 radical (unpaired) electrons. The first-order chi connectivity index (χ1) is 13.6. The van der Waals surface area contributed by atoms with Gasteiger partial charge in [-0.05, 0) is 37.1 Å². The maximum atomic E-state index is 12.4. The number of hydrogen-bond acceptors (Lipinski definition) is 6. The molecule has 6 nitrogen and oxygen atoms in total. The highest BCUT2D eigenvalue weighted by Crippen LogP contribution is 2.27. The van der Waals surface area contributed by atoms with Crippen LogP contribution in [0.5, 0.6) is 0 Å². The van der Waals surface area contributed by atoms with Crippen molar-refractivity contribution in [3.05, 3.63) is 59.7 Å². The van der Waals surface area contributed by atoms with Crippen LogP contribution in [0.1, 0.15) is 36.2 Å². The van der Waals surface area contributed by atoms with Crippen LogP contribution < -0.4 is 5.32 Å². The molecule has 1 aromatic heterocycles. The SMILES string of the molecule is CCC(C)NC(=O)COC(=O)c1ccccc1CSc1nc2ccccc2o1. The number of carbonyl (C=O) groups is 2. The Morgan fingerprint density at radius 1 is 1.18 bits per heavy atom. The van der Waals surface area contributed by atoms with E-state index in [0.717, 1.165) is 23.1 Å². The fourth-order valence-electron chi connectivity index (χ4n) is 2.53. The van der Waals surface area contributed by atoms with E-state index >= 15 is 0 Å². The number of ether oxygens (including phenoxy) is 1. The van der Waals surface area contributed by atoms with Crippen molar-refractivity contribution in [1.29, 1.82) is 0 Å². The summed E-state index contributed by atoms with van der Waals surface area (Å²) in [6, 6.07) is 14.8. The van der Waals surface area contributed by atoms with Crippen LogP contribution in [0, 0.1) is 0 Å². The number of para-hydroxylation sites is 2. The topological polar surface area (TPSA) is 81.4 Å². The van der Waals surface area contributed by atoms with Crippen LogP contribution in [0.15, 0.2) is 58.2 Å². The number of carbonyl (C=O) groups excluding carboxylic acids is 2. The fourth-order valence-corrected chi connectivity index (χ4v) is 3.37. The molecule has 0 saturated carbocycles. The molecule has 7 heteroatoms. The number of nitrogens with zero attached hydrogens (tertiary/aromatic N) is 1. The molecule has 28 heavy (non-hydrogen) atoms. The zero-order chi connectivity index (χ0) is 19.9. The fraction of sp³-hybridized carbons (Fsp3) is 0.286. The molecule has 0 aliphatic rings.